The van der Waals surface area contributed by atoms with Crippen molar-refractivity contribution in [3.63, 3.8) is 0 Å². The minimum absolute atomic E-state index is 0.300. The van der Waals surface area contributed by atoms with Gasteiger partial charge in [-0.25, -0.2) is 0 Å². The highest BCUT2D eigenvalue weighted by Crippen LogP contribution is 2.31. The number of hydrogen-bond acceptors (Lipinski definition) is 3. The highest BCUT2D eigenvalue weighted by atomic mass is 35.5. The van der Waals surface area contributed by atoms with Crippen molar-refractivity contribution in [1.29, 1.82) is 0 Å². The van der Waals surface area contributed by atoms with Gasteiger partial charge in [0.05, 0.1) is 6.61 Å². The van der Waals surface area contributed by atoms with E-state index in [1.54, 1.807) is 30.5 Å². The monoisotopic (exact) mass is 430 g/mol. The van der Waals surface area contributed by atoms with Crippen molar-refractivity contribution in [2.75, 3.05) is 13.6 Å². The molecule has 0 aromatic heterocycles. The van der Waals surface area contributed by atoms with Gasteiger partial charge in [-0.2, -0.15) is 0 Å². The number of rotatable bonds is 8. The Labute approximate surface area is 173 Å². The van der Waals surface area contributed by atoms with E-state index in [1.165, 1.54) is 0 Å². The summed E-state index contributed by atoms with van der Waals surface area (Å²) < 4.78 is 6.13. The molecule has 0 saturated carbocycles. The first kappa shape index (κ1) is 21.1. The minimum Gasteiger partial charge on any atom is -0.376 e. The van der Waals surface area contributed by atoms with Crippen molar-refractivity contribution in [2.24, 2.45) is 4.99 Å². The molecule has 0 amide bonds. The van der Waals surface area contributed by atoms with Gasteiger partial charge in [-0.05, 0) is 36.5 Å². The Morgan fingerprint density at radius 2 is 1.73 bits per heavy atom. The summed E-state index contributed by atoms with van der Waals surface area (Å²) in [4.78, 5) is 5.65. The van der Waals surface area contributed by atoms with E-state index in [4.69, 9.17) is 51.1 Å². The topological polar surface area (TPSA) is 24.8 Å². The van der Waals surface area contributed by atoms with Gasteiger partial charge in [-0.3, -0.25) is 4.99 Å². The largest absolute Gasteiger partial charge is 0.376 e. The highest BCUT2D eigenvalue weighted by molar-refractivity contribution is 6.35. The van der Waals surface area contributed by atoms with E-state index < -0.39 is 0 Å². The molecule has 1 atom stereocenters. The molecule has 2 aromatic rings. The second-order valence-corrected chi connectivity index (χ2v) is 7.31. The maximum Gasteiger partial charge on any atom is 0.102 e. The van der Waals surface area contributed by atoms with Crippen molar-refractivity contribution in [3.8, 4) is 0 Å². The van der Waals surface area contributed by atoms with Crippen LogP contribution < -0.4 is 0 Å². The van der Waals surface area contributed by atoms with E-state index in [-0.39, 0.29) is 6.10 Å². The number of benzene rings is 2. The first-order valence-corrected chi connectivity index (χ1v) is 9.25. The van der Waals surface area contributed by atoms with Crippen molar-refractivity contribution in [3.05, 3.63) is 80.0 Å². The molecule has 1 unspecified atom stereocenters. The number of likely N-dealkylation sites (N-methyl/N-ethyl adjacent to an activating group) is 1. The average Bonchev–Trinajstić information content (AvgIpc) is 2.58. The normalized spacial score (nSPS) is 12.3. The lowest BCUT2D eigenvalue weighted by molar-refractivity contribution is 0.0261. The molecule has 0 aliphatic rings. The summed E-state index contributed by atoms with van der Waals surface area (Å²) in [5.74, 6) is 0. The Kier molecular flexibility index (Phi) is 8.26. The van der Waals surface area contributed by atoms with Gasteiger partial charge in [0.1, 0.15) is 6.10 Å². The zero-order chi connectivity index (χ0) is 19.1. The van der Waals surface area contributed by atoms with E-state index in [0.717, 1.165) is 11.1 Å². The van der Waals surface area contributed by atoms with Crippen LogP contribution in [0.15, 0.2) is 53.8 Å². The predicted molar refractivity (Wildman–Crippen MR) is 112 cm³/mol. The van der Waals surface area contributed by atoms with E-state index in [9.17, 15) is 0 Å². The molecule has 2 aromatic carbocycles. The maximum atomic E-state index is 6.37. The summed E-state index contributed by atoms with van der Waals surface area (Å²) in [5, 5.41) is 2.26. The second-order valence-electron chi connectivity index (χ2n) is 5.62. The van der Waals surface area contributed by atoms with E-state index in [0.29, 0.717) is 33.2 Å². The van der Waals surface area contributed by atoms with E-state index in [1.807, 2.05) is 30.3 Å². The molecule has 0 spiro atoms. The lowest BCUT2D eigenvalue weighted by Crippen LogP contribution is -2.22. The molecular weight excluding hydrogens is 414 g/mol. The molecule has 26 heavy (non-hydrogen) atoms. The summed E-state index contributed by atoms with van der Waals surface area (Å²) in [6.45, 7) is 4.30. The maximum absolute atomic E-state index is 6.37. The molecule has 138 valence electrons. The fraction of sp³-hybridized carbons (Fsp3) is 0.211. The van der Waals surface area contributed by atoms with Crippen LogP contribution in [0.4, 0.5) is 0 Å². The number of aliphatic imine (C=N–C) groups is 1. The minimum atomic E-state index is -0.300. The molecule has 0 bridgehead atoms. The molecule has 0 N–H and O–H groups in total. The Hall–Kier alpha value is -1.23. The van der Waals surface area contributed by atoms with Gasteiger partial charge in [0.25, 0.3) is 0 Å². The Balaban J connectivity index is 2.21. The molecule has 0 saturated heterocycles. The number of halogens is 4. The van der Waals surface area contributed by atoms with E-state index >= 15 is 0 Å². The Morgan fingerprint density at radius 1 is 1.08 bits per heavy atom. The van der Waals surface area contributed by atoms with Crippen LogP contribution in [0.5, 0.6) is 0 Å². The van der Waals surface area contributed by atoms with Crippen molar-refractivity contribution < 1.29 is 4.74 Å². The summed E-state index contributed by atoms with van der Waals surface area (Å²) in [5.41, 5.74) is 1.69. The molecule has 0 heterocycles. The van der Waals surface area contributed by atoms with Crippen LogP contribution in [0.3, 0.4) is 0 Å². The third-order valence-corrected chi connectivity index (χ3v) is 4.79. The lowest BCUT2D eigenvalue weighted by atomic mass is 10.1. The molecule has 7 heteroatoms. The molecular formula is C19H18Cl4N2O. The lowest BCUT2D eigenvalue weighted by Gasteiger charge is -2.25. The third kappa shape index (κ3) is 6.19. The van der Waals surface area contributed by atoms with Crippen LogP contribution in [-0.4, -0.2) is 25.2 Å². The molecule has 0 aliphatic carbocycles. The van der Waals surface area contributed by atoms with Crippen LogP contribution in [0.2, 0.25) is 20.1 Å². The quantitative estimate of drug-likeness (QED) is 0.436. The summed E-state index contributed by atoms with van der Waals surface area (Å²) in [7, 11) is 1.91. The zero-order valence-corrected chi connectivity index (χ0v) is 17.2. The van der Waals surface area contributed by atoms with Crippen LogP contribution in [-0.2, 0) is 11.3 Å². The Bertz CT molecular complexity index is 795. The van der Waals surface area contributed by atoms with Crippen LogP contribution in [0.1, 0.15) is 17.2 Å². The van der Waals surface area contributed by atoms with Gasteiger partial charge in [0.2, 0.25) is 0 Å². The average molecular weight is 432 g/mol. The molecule has 3 nitrogen and oxygen atoms in total. The van der Waals surface area contributed by atoms with Crippen molar-refractivity contribution in [1.82, 2.24) is 4.90 Å². The summed E-state index contributed by atoms with van der Waals surface area (Å²) in [6, 6.07) is 10.7. The van der Waals surface area contributed by atoms with Gasteiger partial charge < -0.3 is 9.64 Å². The first-order chi connectivity index (χ1) is 12.4. The zero-order valence-electron chi connectivity index (χ0n) is 14.1. The number of hydrogen-bond donors (Lipinski definition) is 0. The third-order valence-electron chi connectivity index (χ3n) is 3.64. The predicted octanol–water partition coefficient (Wildman–Crippen LogP) is 6.66. The van der Waals surface area contributed by atoms with Crippen molar-refractivity contribution in [2.45, 2.75) is 12.7 Å². The molecule has 0 fully saturated rings. The van der Waals surface area contributed by atoms with Crippen LogP contribution >= 0.6 is 46.4 Å². The van der Waals surface area contributed by atoms with Gasteiger partial charge in [-0.1, -0.05) is 58.5 Å². The van der Waals surface area contributed by atoms with Crippen LogP contribution in [0, 0.1) is 0 Å². The smallest absolute Gasteiger partial charge is 0.102 e. The molecule has 0 aliphatic heterocycles. The molecule has 2 rings (SSSR count). The van der Waals surface area contributed by atoms with Crippen molar-refractivity contribution >= 4 is 53.1 Å². The number of ether oxygens (including phenoxy) is 1. The number of nitrogens with zero attached hydrogens (tertiary/aromatic N) is 2. The van der Waals surface area contributed by atoms with Gasteiger partial charge in [0.15, 0.2) is 0 Å². The summed E-state index contributed by atoms with van der Waals surface area (Å²) >= 11 is 24.6. The fourth-order valence-electron chi connectivity index (χ4n) is 2.32. The first-order valence-electron chi connectivity index (χ1n) is 7.74. The van der Waals surface area contributed by atoms with Gasteiger partial charge in [-0.15, -0.1) is 0 Å². The van der Waals surface area contributed by atoms with E-state index in [2.05, 4.69) is 11.7 Å². The van der Waals surface area contributed by atoms with Gasteiger partial charge >= 0.3 is 0 Å². The second kappa shape index (κ2) is 10.2. The Morgan fingerprint density at radius 3 is 2.35 bits per heavy atom. The van der Waals surface area contributed by atoms with Crippen LogP contribution in [0.25, 0.3) is 0 Å². The SMILES string of the molecule is C=N/C=C\N(C)CC(OCc1ccc(Cl)cc1Cl)c1ccc(Cl)cc1Cl. The summed E-state index contributed by atoms with van der Waals surface area (Å²) in [6.07, 6.45) is 3.12. The highest BCUT2D eigenvalue weighted by Gasteiger charge is 2.18. The standard InChI is InChI=1S/C19H18Cl4N2O/c1-24-7-8-25(2)11-19(16-6-5-15(21)10-18(16)23)26-12-13-3-4-14(20)9-17(13)22/h3-10,19H,1,11-12H2,2H3/b8-7-. The molecule has 0 radical (unpaired) electrons. The van der Waals surface area contributed by atoms with Gasteiger partial charge in [0, 0.05) is 51.6 Å². The fourth-order valence-corrected chi connectivity index (χ4v) is 3.31.